The molecule has 3 unspecified atom stereocenters. The Morgan fingerprint density at radius 1 is 1.43 bits per heavy atom. The van der Waals surface area contributed by atoms with Crippen LogP contribution in [0.2, 0.25) is 0 Å². The minimum atomic E-state index is -0.887. The number of aliphatic carboxylic acids is 1. The van der Waals surface area contributed by atoms with Gasteiger partial charge in [-0.15, -0.1) is 11.3 Å². The Hall–Kier alpha value is -1.40. The van der Waals surface area contributed by atoms with Crippen molar-refractivity contribution in [3.8, 4) is 0 Å². The van der Waals surface area contributed by atoms with E-state index in [1.807, 2.05) is 45.5 Å². The van der Waals surface area contributed by atoms with Gasteiger partial charge in [-0.05, 0) is 31.0 Å². The van der Waals surface area contributed by atoms with Crippen molar-refractivity contribution >= 4 is 23.2 Å². The summed E-state index contributed by atoms with van der Waals surface area (Å²) in [5, 5.41) is 14.1. The zero-order valence-corrected chi connectivity index (χ0v) is 13.6. The number of nitrogens with zero attached hydrogens (tertiary/aromatic N) is 1. The number of hydrogen-bond acceptors (Lipinski definition) is 4. The number of carboxylic acids is 1. The summed E-state index contributed by atoms with van der Waals surface area (Å²) in [6.07, 6.45) is 0. The van der Waals surface area contributed by atoms with Crippen LogP contribution < -0.4 is 5.32 Å². The van der Waals surface area contributed by atoms with Gasteiger partial charge in [-0.2, -0.15) is 0 Å². The van der Waals surface area contributed by atoms with Crippen molar-refractivity contribution in [2.75, 3.05) is 20.6 Å². The van der Waals surface area contributed by atoms with Gasteiger partial charge >= 0.3 is 5.97 Å². The molecular weight excluding hydrogens is 288 g/mol. The van der Waals surface area contributed by atoms with E-state index in [4.69, 9.17) is 5.11 Å². The second kappa shape index (κ2) is 5.77. The maximum atomic E-state index is 12.2. The predicted molar refractivity (Wildman–Crippen MR) is 82.2 cm³/mol. The van der Waals surface area contributed by atoms with E-state index < -0.39 is 23.2 Å². The molecule has 116 valence electrons. The molecule has 0 aliphatic heterocycles. The van der Waals surface area contributed by atoms with E-state index >= 15 is 0 Å². The first kappa shape index (κ1) is 16.0. The molecule has 1 saturated carbocycles. The summed E-state index contributed by atoms with van der Waals surface area (Å²) in [6, 6.07) is 4.14. The second-order valence-electron chi connectivity index (χ2n) is 6.35. The molecule has 0 spiro atoms. The van der Waals surface area contributed by atoms with Crippen molar-refractivity contribution in [1.29, 1.82) is 0 Å². The molecule has 1 amide bonds. The molecule has 1 heterocycles. The van der Waals surface area contributed by atoms with Gasteiger partial charge in [-0.1, -0.05) is 19.9 Å². The molecule has 1 aromatic rings. The fourth-order valence-electron chi connectivity index (χ4n) is 2.91. The first-order valence-electron chi connectivity index (χ1n) is 6.97. The van der Waals surface area contributed by atoms with Crippen LogP contribution in [0.3, 0.4) is 0 Å². The quantitative estimate of drug-likeness (QED) is 0.841. The normalized spacial score (nSPS) is 24.6. The third-order valence-corrected chi connectivity index (χ3v) is 5.31. The Bertz CT molecular complexity index is 525. The molecule has 6 heteroatoms. The topological polar surface area (TPSA) is 69.6 Å². The molecule has 2 rings (SSSR count). The minimum Gasteiger partial charge on any atom is -0.481 e. The monoisotopic (exact) mass is 310 g/mol. The van der Waals surface area contributed by atoms with Crippen molar-refractivity contribution in [3.63, 3.8) is 0 Å². The lowest BCUT2D eigenvalue weighted by molar-refractivity contribution is -0.140. The van der Waals surface area contributed by atoms with Gasteiger partial charge < -0.3 is 15.3 Å². The van der Waals surface area contributed by atoms with E-state index in [1.54, 1.807) is 11.3 Å². The molecule has 1 aliphatic carbocycles. The number of likely N-dealkylation sites (N-methyl/N-ethyl adjacent to an activating group) is 1. The number of hydrogen-bond donors (Lipinski definition) is 2. The largest absolute Gasteiger partial charge is 0.481 e. The summed E-state index contributed by atoms with van der Waals surface area (Å²) in [5.41, 5.74) is -0.452. The van der Waals surface area contributed by atoms with Gasteiger partial charge in [-0.25, -0.2) is 0 Å². The Morgan fingerprint density at radius 2 is 2.10 bits per heavy atom. The lowest BCUT2D eigenvalue weighted by Gasteiger charge is -2.23. The Labute approximate surface area is 129 Å². The zero-order chi connectivity index (χ0) is 15.8. The molecular formula is C15H22N2O3S. The second-order valence-corrected chi connectivity index (χ2v) is 7.33. The third kappa shape index (κ3) is 3.11. The molecule has 1 aromatic heterocycles. The third-order valence-electron chi connectivity index (χ3n) is 4.34. The van der Waals surface area contributed by atoms with Crippen LogP contribution in [0.4, 0.5) is 0 Å². The molecule has 1 fully saturated rings. The summed E-state index contributed by atoms with van der Waals surface area (Å²) >= 11 is 1.65. The Balaban J connectivity index is 1.96. The number of nitrogens with one attached hydrogen (secondary N) is 1. The minimum absolute atomic E-state index is 0.110. The average Bonchev–Trinajstić information content (AvgIpc) is 2.76. The fraction of sp³-hybridized carbons (Fsp3) is 0.600. The SMILES string of the molecule is CN(C)C(CNC(=O)C1C(C(=O)O)C1(C)C)c1cccs1. The zero-order valence-electron chi connectivity index (χ0n) is 12.8. The lowest BCUT2D eigenvalue weighted by Crippen LogP contribution is -2.35. The van der Waals surface area contributed by atoms with Gasteiger partial charge in [0.1, 0.15) is 0 Å². The van der Waals surface area contributed by atoms with E-state index in [0.717, 1.165) is 0 Å². The van der Waals surface area contributed by atoms with Crippen molar-refractivity contribution < 1.29 is 14.7 Å². The van der Waals surface area contributed by atoms with Crippen LogP contribution >= 0.6 is 11.3 Å². The van der Waals surface area contributed by atoms with Crippen LogP contribution in [-0.2, 0) is 9.59 Å². The maximum Gasteiger partial charge on any atom is 0.307 e. The highest BCUT2D eigenvalue weighted by atomic mass is 32.1. The van der Waals surface area contributed by atoms with Gasteiger partial charge in [0.25, 0.3) is 0 Å². The van der Waals surface area contributed by atoms with E-state index in [9.17, 15) is 9.59 Å². The smallest absolute Gasteiger partial charge is 0.307 e. The maximum absolute atomic E-state index is 12.2. The van der Waals surface area contributed by atoms with Crippen LogP contribution in [0, 0.1) is 17.3 Å². The molecule has 0 bridgehead atoms. The van der Waals surface area contributed by atoms with Gasteiger partial charge in [0.15, 0.2) is 0 Å². The fourth-order valence-corrected chi connectivity index (χ4v) is 3.84. The van der Waals surface area contributed by atoms with Gasteiger partial charge in [-0.3, -0.25) is 9.59 Å². The van der Waals surface area contributed by atoms with E-state index in [-0.39, 0.29) is 11.9 Å². The molecule has 5 nitrogen and oxygen atoms in total. The summed E-state index contributed by atoms with van der Waals surface area (Å²) in [7, 11) is 3.94. The van der Waals surface area contributed by atoms with Gasteiger partial charge in [0.2, 0.25) is 5.91 Å². The van der Waals surface area contributed by atoms with E-state index in [0.29, 0.717) is 6.54 Å². The molecule has 0 aromatic carbocycles. The van der Waals surface area contributed by atoms with Crippen LogP contribution in [0.1, 0.15) is 24.8 Å². The van der Waals surface area contributed by atoms with Crippen molar-refractivity contribution in [1.82, 2.24) is 10.2 Å². The summed E-state index contributed by atoms with van der Waals surface area (Å²) in [4.78, 5) is 26.6. The van der Waals surface area contributed by atoms with E-state index in [2.05, 4.69) is 10.2 Å². The number of carboxylic acid groups (broad SMARTS) is 1. The molecule has 2 N–H and O–H groups in total. The van der Waals surface area contributed by atoms with Gasteiger partial charge in [0.05, 0.1) is 17.9 Å². The van der Waals surface area contributed by atoms with Crippen LogP contribution in [0.15, 0.2) is 17.5 Å². The van der Waals surface area contributed by atoms with Crippen LogP contribution in [-0.4, -0.2) is 42.5 Å². The standard InChI is InChI=1S/C15H22N2O3S/c1-15(2)11(12(15)14(19)20)13(18)16-8-9(17(3)4)10-6-5-7-21-10/h5-7,9,11-12H,8H2,1-4H3,(H,16,18)(H,19,20). The highest BCUT2D eigenvalue weighted by molar-refractivity contribution is 7.10. The molecule has 1 aliphatic rings. The summed E-state index contributed by atoms with van der Waals surface area (Å²) in [6.45, 7) is 4.16. The Kier molecular flexibility index (Phi) is 4.39. The van der Waals surface area contributed by atoms with Crippen LogP contribution in [0.25, 0.3) is 0 Å². The lowest BCUT2D eigenvalue weighted by atomic mass is 10.1. The number of carbonyl (C=O) groups excluding carboxylic acids is 1. The highest BCUT2D eigenvalue weighted by Crippen LogP contribution is 2.58. The number of thiophene rings is 1. The molecule has 0 saturated heterocycles. The average molecular weight is 310 g/mol. The van der Waals surface area contributed by atoms with Crippen molar-refractivity contribution in [2.24, 2.45) is 17.3 Å². The van der Waals surface area contributed by atoms with Crippen LogP contribution in [0.5, 0.6) is 0 Å². The Morgan fingerprint density at radius 3 is 2.52 bits per heavy atom. The summed E-state index contributed by atoms with van der Waals surface area (Å²) in [5.74, 6) is -2.04. The van der Waals surface area contributed by atoms with Crippen molar-refractivity contribution in [2.45, 2.75) is 19.9 Å². The highest BCUT2D eigenvalue weighted by Gasteiger charge is 2.65. The van der Waals surface area contributed by atoms with Crippen molar-refractivity contribution in [3.05, 3.63) is 22.4 Å². The predicted octanol–water partition coefficient (Wildman–Crippen LogP) is 1.82. The number of rotatable bonds is 6. The first-order chi connectivity index (χ1) is 9.76. The summed E-state index contributed by atoms with van der Waals surface area (Å²) < 4.78 is 0. The molecule has 0 radical (unpaired) electrons. The number of amides is 1. The molecule has 3 atom stereocenters. The first-order valence-corrected chi connectivity index (χ1v) is 7.85. The van der Waals surface area contributed by atoms with E-state index in [1.165, 1.54) is 4.88 Å². The molecule has 21 heavy (non-hydrogen) atoms. The van der Waals surface area contributed by atoms with Gasteiger partial charge in [0, 0.05) is 11.4 Å². The number of carbonyl (C=O) groups is 2.